The highest BCUT2D eigenvalue weighted by Gasteiger charge is 2.01. The smallest absolute Gasteiger partial charge is 0.164 e. The maximum Gasteiger partial charge on any atom is 0.164 e. The summed E-state index contributed by atoms with van der Waals surface area (Å²) in [5.74, 6) is 7.36. The molecule has 0 saturated carbocycles. The van der Waals surface area contributed by atoms with E-state index >= 15 is 0 Å². The van der Waals surface area contributed by atoms with E-state index in [-0.39, 0.29) is 6.61 Å². The molecular formula is C14H15N3O2. The van der Waals surface area contributed by atoms with Gasteiger partial charge >= 0.3 is 0 Å². The van der Waals surface area contributed by atoms with Crippen LogP contribution in [-0.2, 0) is 13.7 Å². The Labute approximate surface area is 111 Å². The van der Waals surface area contributed by atoms with Crippen molar-refractivity contribution in [3.05, 3.63) is 42.0 Å². The molecule has 0 radical (unpaired) electrons. The summed E-state index contributed by atoms with van der Waals surface area (Å²) in [6.07, 6.45) is 1.99. The first kappa shape index (κ1) is 13.1. The summed E-state index contributed by atoms with van der Waals surface area (Å²) in [5, 5.41) is 12.6. The molecule has 0 aliphatic carbocycles. The molecule has 0 aliphatic heterocycles. The lowest BCUT2D eigenvalue weighted by Crippen LogP contribution is -2.04. The predicted molar refractivity (Wildman–Crippen MR) is 70.4 cm³/mol. The molecule has 0 atom stereocenters. The van der Waals surface area contributed by atoms with Crippen molar-refractivity contribution < 1.29 is 9.84 Å². The van der Waals surface area contributed by atoms with Crippen LogP contribution >= 0.6 is 0 Å². The van der Waals surface area contributed by atoms with Crippen molar-refractivity contribution >= 4 is 0 Å². The zero-order valence-corrected chi connectivity index (χ0v) is 10.7. The number of aliphatic hydroxyl groups excluding tert-OH is 1. The van der Waals surface area contributed by atoms with Gasteiger partial charge in [-0.25, -0.2) is 4.98 Å². The first-order valence-corrected chi connectivity index (χ1v) is 5.95. The van der Waals surface area contributed by atoms with Crippen molar-refractivity contribution in [2.75, 3.05) is 6.61 Å². The van der Waals surface area contributed by atoms with E-state index in [1.165, 1.54) is 6.33 Å². The van der Waals surface area contributed by atoms with Gasteiger partial charge in [0.1, 0.15) is 18.7 Å². The van der Waals surface area contributed by atoms with E-state index in [9.17, 15) is 0 Å². The maximum absolute atomic E-state index is 8.64. The second-order valence-corrected chi connectivity index (χ2v) is 3.89. The maximum atomic E-state index is 8.64. The van der Waals surface area contributed by atoms with Crippen LogP contribution in [0.1, 0.15) is 17.8 Å². The molecule has 0 saturated heterocycles. The topological polar surface area (TPSA) is 60.2 Å². The second kappa shape index (κ2) is 6.57. The SMILES string of the molecule is Cn1ncnc1COc1ccc(C#CCCO)cc1. The molecule has 19 heavy (non-hydrogen) atoms. The lowest BCUT2D eigenvalue weighted by atomic mass is 10.2. The molecule has 1 aromatic heterocycles. The van der Waals surface area contributed by atoms with Gasteiger partial charge in [-0.1, -0.05) is 11.8 Å². The molecule has 1 heterocycles. The van der Waals surface area contributed by atoms with Crippen LogP contribution in [0.3, 0.4) is 0 Å². The van der Waals surface area contributed by atoms with E-state index in [0.29, 0.717) is 13.0 Å². The van der Waals surface area contributed by atoms with Crippen LogP contribution in [0, 0.1) is 11.8 Å². The van der Waals surface area contributed by atoms with E-state index in [0.717, 1.165) is 17.1 Å². The van der Waals surface area contributed by atoms with Crippen molar-refractivity contribution in [2.45, 2.75) is 13.0 Å². The number of benzene rings is 1. The number of nitrogens with zero attached hydrogens (tertiary/aromatic N) is 3. The van der Waals surface area contributed by atoms with Crippen molar-refractivity contribution in [2.24, 2.45) is 7.05 Å². The van der Waals surface area contributed by atoms with Crippen molar-refractivity contribution in [3.8, 4) is 17.6 Å². The summed E-state index contributed by atoms with van der Waals surface area (Å²) in [6.45, 7) is 0.470. The number of hydrogen-bond donors (Lipinski definition) is 1. The Kier molecular flexibility index (Phi) is 4.54. The average molecular weight is 257 g/mol. The Bertz CT molecular complexity index is 579. The third kappa shape index (κ3) is 3.83. The summed E-state index contributed by atoms with van der Waals surface area (Å²) < 4.78 is 7.28. The molecule has 0 fully saturated rings. The Balaban J connectivity index is 1.92. The minimum atomic E-state index is 0.0892. The van der Waals surface area contributed by atoms with Crippen molar-refractivity contribution in [3.63, 3.8) is 0 Å². The molecule has 5 nitrogen and oxygen atoms in total. The van der Waals surface area contributed by atoms with Crippen molar-refractivity contribution in [1.82, 2.24) is 14.8 Å². The van der Waals surface area contributed by atoms with Gasteiger partial charge in [-0.2, -0.15) is 5.10 Å². The van der Waals surface area contributed by atoms with Crippen LogP contribution in [0.4, 0.5) is 0 Å². The third-order valence-electron chi connectivity index (χ3n) is 2.50. The first-order chi connectivity index (χ1) is 9.29. The summed E-state index contributed by atoms with van der Waals surface area (Å²) in [7, 11) is 1.82. The normalized spacial score (nSPS) is 9.79. The third-order valence-corrected chi connectivity index (χ3v) is 2.50. The first-order valence-electron chi connectivity index (χ1n) is 5.95. The van der Waals surface area contributed by atoms with E-state index in [1.54, 1.807) is 4.68 Å². The lowest BCUT2D eigenvalue weighted by Gasteiger charge is -2.05. The fourth-order valence-corrected chi connectivity index (χ4v) is 1.45. The predicted octanol–water partition coefficient (Wildman–Crippen LogP) is 1.13. The molecule has 0 aliphatic rings. The van der Waals surface area contributed by atoms with Gasteiger partial charge in [0.05, 0.1) is 6.61 Å². The van der Waals surface area contributed by atoms with Crippen LogP contribution in [0.5, 0.6) is 5.75 Å². The Morgan fingerprint density at radius 3 is 2.74 bits per heavy atom. The summed E-state index contributed by atoms with van der Waals surface area (Å²) in [5.41, 5.74) is 0.902. The molecule has 0 unspecified atom stereocenters. The van der Waals surface area contributed by atoms with Gasteiger partial charge in [-0.05, 0) is 24.3 Å². The van der Waals surface area contributed by atoms with Gasteiger partial charge in [0, 0.05) is 19.0 Å². The van der Waals surface area contributed by atoms with Gasteiger partial charge in [0.2, 0.25) is 0 Å². The Hall–Kier alpha value is -2.32. The van der Waals surface area contributed by atoms with Gasteiger partial charge in [0.15, 0.2) is 5.82 Å². The number of aryl methyl sites for hydroxylation is 1. The van der Waals surface area contributed by atoms with Crippen LogP contribution < -0.4 is 4.74 Å². The molecule has 2 aromatic rings. The van der Waals surface area contributed by atoms with E-state index in [2.05, 4.69) is 21.9 Å². The molecule has 5 heteroatoms. The number of hydrogen-bond acceptors (Lipinski definition) is 4. The summed E-state index contributed by atoms with van der Waals surface area (Å²) in [6, 6.07) is 7.49. The molecule has 0 amide bonds. The lowest BCUT2D eigenvalue weighted by molar-refractivity contribution is 0.290. The number of rotatable bonds is 4. The zero-order chi connectivity index (χ0) is 13.5. The van der Waals surface area contributed by atoms with E-state index < -0.39 is 0 Å². The van der Waals surface area contributed by atoms with Gasteiger partial charge in [0.25, 0.3) is 0 Å². The Morgan fingerprint density at radius 2 is 2.11 bits per heavy atom. The van der Waals surface area contributed by atoms with E-state index in [4.69, 9.17) is 9.84 Å². The summed E-state index contributed by atoms with van der Waals surface area (Å²) >= 11 is 0. The monoisotopic (exact) mass is 257 g/mol. The standard InChI is InChI=1S/C14H15N3O2/c1-17-14(15-11-16-17)10-19-13-7-5-12(6-8-13)4-2-3-9-18/h5-8,11,18H,3,9-10H2,1H3. The fraction of sp³-hybridized carbons (Fsp3) is 0.286. The molecular weight excluding hydrogens is 242 g/mol. The highest BCUT2D eigenvalue weighted by Crippen LogP contribution is 2.13. The number of ether oxygens (including phenoxy) is 1. The van der Waals surface area contributed by atoms with Gasteiger partial charge in [-0.3, -0.25) is 4.68 Å². The van der Waals surface area contributed by atoms with Crippen LogP contribution in [0.2, 0.25) is 0 Å². The molecule has 0 bridgehead atoms. The van der Waals surface area contributed by atoms with Crippen LogP contribution in [0.25, 0.3) is 0 Å². The van der Waals surface area contributed by atoms with Crippen molar-refractivity contribution in [1.29, 1.82) is 0 Å². The molecule has 1 N–H and O–H groups in total. The van der Waals surface area contributed by atoms with Crippen LogP contribution in [-0.4, -0.2) is 26.5 Å². The van der Waals surface area contributed by atoms with Crippen LogP contribution in [0.15, 0.2) is 30.6 Å². The highest BCUT2D eigenvalue weighted by atomic mass is 16.5. The molecule has 1 aromatic carbocycles. The highest BCUT2D eigenvalue weighted by molar-refractivity contribution is 5.38. The largest absolute Gasteiger partial charge is 0.486 e. The minimum absolute atomic E-state index is 0.0892. The molecule has 0 spiro atoms. The Morgan fingerprint density at radius 1 is 1.32 bits per heavy atom. The molecule has 2 rings (SSSR count). The summed E-state index contributed by atoms with van der Waals surface area (Å²) in [4.78, 5) is 4.08. The zero-order valence-electron chi connectivity index (χ0n) is 10.7. The second-order valence-electron chi connectivity index (χ2n) is 3.89. The number of aromatic nitrogens is 3. The van der Waals surface area contributed by atoms with E-state index in [1.807, 2.05) is 31.3 Å². The van der Waals surface area contributed by atoms with Gasteiger partial charge < -0.3 is 9.84 Å². The number of aliphatic hydroxyl groups is 1. The fourth-order valence-electron chi connectivity index (χ4n) is 1.45. The quantitative estimate of drug-likeness (QED) is 0.834. The van der Waals surface area contributed by atoms with Gasteiger partial charge in [-0.15, -0.1) is 0 Å². The minimum Gasteiger partial charge on any atom is -0.486 e. The molecule has 98 valence electrons. The average Bonchev–Trinajstić information content (AvgIpc) is 2.84.